The molecule has 0 spiro atoms. The molecule has 0 saturated carbocycles. The van der Waals surface area contributed by atoms with Crippen LogP contribution in [0.25, 0.3) is 92.6 Å². The first-order chi connectivity index (χ1) is 22.3. The number of nitrogens with zero attached hydrogens (tertiary/aromatic N) is 4. The fourth-order valence-corrected chi connectivity index (χ4v) is 7.92. The Morgan fingerprint density at radius 2 is 1.13 bits per heavy atom. The molecular formula is C39H22N4OS. The smallest absolute Gasteiger partial charge is 0.238 e. The SMILES string of the molecule is c1ccc(-c2nc(-c3ccccc3)nc(-n3c4ccccc4c4c5sc6ccc7c8ccccc8oc7c6c5ccc43)n2)cc1. The molecule has 0 bridgehead atoms. The molecule has 10 rings (SSSR count). The fraction of sp³-hybridized carbons (Fsp3) is 0. The topological polar surface area (TPSA) is 56.7 Å². The Kier molecular flexibility index (Phi) is 5.09. The van der Waals surface area contributed by atoms with Crippen LogP contribution in [0.2, 0.25) is 0 Å². The van der Waals surface area contributed by atoms with Crippen LogP contribution in [0.1, 0.15) is 0 Å². The van der Waals surface area contributed by atoms with Gasteiger partial charge in [-0.15, -0.1) is 11.3 Å². The van der Waals surface area contributed by atoms with Crippen molar-refractivity contribution in [1.29, 1.82) is 0 Å². The number of benzene rings is 6. The summed E-state index contributed by atoms with van der Waals surface area (Å²) in [5.41, 5.74) is 5.86. The quantitative estimate of drug-likeness (QED) is 0.204. The first-order valence-corrected chi connectivity index (χ1v) is 15.7. The first kappa shape index (κ1) is 24.6. The van der Waals surface area contributed by atoms with Crippen LogP contribution < -0.4 is 0 Å². The lowest BCUT2D eigenvalue weighted by Gasteiger charge is -2.10. The van der Waals surface area contributed by atoms with Gasteiger partial charge >= 0.3 is 0 Å². The monoisotopic (exact) mass is 594 g/mol. The predicted octanol–water partition coefficient (Wildman–Crippen LogP) is 10.6. The number of fused-ring (bicyclic) bond motifs is 11. The summed E-state index contributed by atoms with van der Waals surface area (Å²) in [7, 11) is 0. The molecule has 0 aliphatic rings. The van der Waals surface area contributed by atoms with Gasteiger partial charge < -0.3 is 4.42 Å². The maximum atomic E-state index is 6.49. The molecule has 10 aromatic rings. The third-order valence-electron chi connectivity index (χ3n) is 8.67. The fourth-order valence-electron chi connectivity index (χ4n) is 6.67. The zero-order chi connectivity index (χ0) is 29.5. The number of aromatic nitrogens is 4. The average Bonchev–Trinajstić information content (AvgIpc) is 3.78. The van der Waals surface area contributed by atoms with Gasteiger partial charge in [0.05, 0.1) is 11.0 Å². The van der Waals surface area contributed by atoms with Crippen LogP contribution in [0.4, 0.5) is 0 Å². The van der Waals surface area contributed by atoms with Gasteiger partial charge in [-0.25, -0.2) is 4.98 Å². The molecule has 0 radical (unpaired) electrons. The lowest BCUT2D eigenvalue weighted by molar-refractivity contribution is 0.673. The molecule has 0 aliphatic heterocycles. The number of hydrogen-bond donors (Lipinski definition) is 0. The number of furan rings is 1. The van der Waals surface area contributed by atoms with E-state index in [4.69, 9.17) is 19.4 Å². The molecule has 0 unspecified atom stereocenters. The van der Waals surface area contributed by atoms with Crippen LogP contribution in [-0.4, -0.2) is 19.5 Å². The minimum Gasteiger partial charge on any atom is -0.455 e. The second-order valence-electron chi connectivity index (χ2n) is 11.2. The predicted molar refractivity (Wildman–Crippen MR) is 185 cm³/mol. The van der Waals surface area contributed by atoms with Crippen LogP contribution in [0.15, 0.2) is 138 Å². The Morgan fingerprint density at radius 1 is 0.489 bits per heavy atom. The molecule has 4 heterocycles. The third-order valence-corrected chi connectivity index (χ3v) is 9.86. The van der Waals surface area contributed by atoms with E-state index in [-0.39, 0.29) is 0 Å². The zero-order valence-corrected chi connectivity index (χ0v) is 24.6. The Morgan fingerprint density at radius 3 is 1.89 bits per heavy atom. The number of rotatable bonds is 3. The van der Waals surface area contributed by atoms with E-state index in [1.54, 1.807) is 0 Å². The molecule has 0 N–H and O–H groups in total. The number of para-hydroxylation sites is 2. The van der Waals surface area contributed by atoms with E-state index in [0.29, 0.717) is 17.6 Å². The minimum absolute atomic E-state index is 0.592. The van der Waals surface area contributed by atoms with Gasteiger partial charge in [0.25, 0.3) is 0 Å². The van der Waals surface area contributed by atoms with Gasteiger partial charge in [-0.3, -0.25) is 4.57 Å². The normalized spacial score (nSPS) is 12.0. The van der Waals surface area contributed by atoms with Crippen LogP contribution in [0.3, 0.4) is 0 Å². The van der Waals surface area contributed by atoms with Crippen molar-refractivity contribution in [2.24, 2.45) is 0 Å². The molecule has 0 aliphatic carbocycles. The van der Waals surface area contributed by atoms with Crippen LogP contribution >= 0.6 is 11.3 Å². The van der Waals surface area contributed by atoms with E-state index in [9.17, 15) is 0 Å². The molecule has 0 amide bonds. The molecule has 210 valence electrons. The summed E-state index contributed by atoms with van der Waals surface area (Å²) in [5, 5.41) is 7.00. The largest absolute Gasteiger partial charge is 0.455 e. The second-order valence-corrected chi connectivity index (χ2v) is 12.3. The van der Waals surface area contributed by atoms with Crippen molar-refractivity contribution < 1.29 is 4.42 Å². The first-order valence-electron chi connectivity index (χ1n) is 14.9. The summed E-state index contributed by atoms with van der Waals surface area (Å²) in [4.78, 5) is 15.1. The number of thiophene rings is 1. The molecular weight excluding hydrogens is 573 g/mol. The van der Waals surface area contributed by atoms with Crippen molar-refractivity contribution in [2.45, 2.75) is 0 Å². The molecule has 0 saturated heterocycles. The minimum atomic E-state index is 0.592. The van der Waals surface area contributed by atoms with Crippen molar-refractivity contribution in [1.82, 2.24) is 19.5 Å². The van der Waals surface area contributed by atoms with Gasteiger partial charge in [-0.1, -0.05) is 103 Å². The van der Waals surface area contributed by atoms with Gasteiger partial charge in [0.1, 0.15) is 11.2 Å². The van der Waals surface area contributed by atoms with E-state index in [1.807, 2.05) is 84.1 Å². The van der Waals surface area contributed by atoms with Gasteiger partial charge in [-0.05, 0) is 30.3 Å². The van der Waals surface area contributed by atoms with E-state index in [1.165, 1.54) is 25.6 Å². The zero-order valence-electron chi connectivity index (χ0n) is 23.8. The highest BCUT2D eigenvalue weighted by atomic mass is 32.1. The van der Waals surface area contributed by atoms with E-state index >= 15 is 0 Å². The molecule has 6 heteroatoms. The Hall–Kier alpha value is -5.85. The van der Waals surface area contributed by atoms with E-state index in [0.717, 1.165) is 49.5 Å². The summed E-state index contributed by atoms with van der Waals surface area (Å²) in [6.45, 7) is 0. The Labute approximate surface area is 260 Å². The average molecular weight is 595 g/mol. The van der Waals surface area contributed by atoms with E-state index < -0.39 is 0 Å². The summed E-state index contributed by atoms with van der Waals surface area (Å²) in [6, 6.07) is 45.9. The number of hydrogen-bond acceptors (Lipinski definition) is 5. The lowest BCUT2D eigenvalue weighted by atomic mass is 10.1. The Bertz CT molecular complexity index is 2700. The molecule has 5 nitrogen and oxygen atoms in total. The standard InChI is InChI=1S/C39H22N4OS/c1-3-11-23(12-4-1)37-40-38(24-13-5-2-6-14-24)42-39(41-37)43-29-17-9-7-16-27(29)33-30(43)21-19-28-34-32(45-36(28)33)22-20-26-25-15-8-10-18-31(25)44-35(26)34/h1-22H. The second kappa shape index (κ2) is 9.32. The van der Waals surface area contributed by atoms with Crippen LogP contribution in [0, 0.1) is 0 Å². The van der Waals surface area contributed by atoms with Crippen LogP contribution in [0.5, 0.6) is 0 Å². The highest BCUT2D eigenvalue weighted by Crippen LogP contribution is 2.46. The summed E-state index contributed by atoms with van der Waals surface area (Å²) >= 11 is 1.81. The molecule has 6 aromatic carbocycles. The van der Waals surface area contributed by atoms with Gasteiger partial charge in [-0.2, -0.15) is 9.97 Å². The van der Waals surface area contributed by atoms with Gasteiger partial charge in [0.15, 0.2) is 11.6 Å². The third kappa shape index (κ3) is 3.57. The Balaban J connectivity index is 1.31. The highest BCUT2D eigenvalue weighted by Gasteiger charge is 2.22. The summed E-state index contributed by atoms with van der Waals surface area (Å²) < 4.78 is 11.1. The van der Waals surface area contributed by atoms with Crippen molar-refractivity contribution in [3.05, 3.63) is 133 Å². The summed E-state index contributed by atoms with van der Waals surface area (Å²) in [5.74, 6) is 1.87. The van der Waals surface area contributed by atoms with E-state index in [2.05, 4.69) is 65.2 Å². The van der Waals surface area contributed by atoms with Gasteiger partial charge in [0.2, 0.25) is 5.95 Å². The van der Waals surface area contributed by atoms with Crippen molar-refractivity contribution in [3.8, 4) is 28.7 Å². The van der Waals surface area contributed by atoms with Crippen molar-refractivity contribution >= 4 is 75.3 Å². The summed E-state index contributed by atoms with van der Waals surface area (Å²) in [6.07, 6.45) is 0. The van der Waals surface area contributed by atoms with Crippen molar-refractivity contribution in [2.75, 3.05) is 0 Å². The maximum absolute atomic E-state index is 6.49. The van der Waals surface area contributed by atoms with Crippen molar-refractivity contribution in [3.63, 3.8) is 0 Å². The highest BCUT2D eigenvalue weighted by molar-refractivity contribution is 7.27. The lowest BCUT2D eigenvalue weighted by Crippen LogP contribution is -2.06. The van der Waals surface area contributed by atoms with Crippen LogP contribution in [-0.2, 0) is 0 Å². The maximum Gasteiger partial charge on any atom is 0.238 e. The van der Waals surface area contributed by atoms with Gasteiger partial charge in [0, 0.05) is 52.8 Å². The molecule has 0 atom stereocenters. The molecule has 0 fully saturated rings. The molecule has 4 aromatic heterocycles. The molecule has 45 heavy (non-hydrogen) atoms.